The zero-order chi connectivity index (χ0) is 19.5. The van der Waals surface area contributed by atoms with Crippen LogP contribution in [0.25, 0.3) is 0 Å². The van der Waals surface area contributed by atoms with Gasteiger partial charge in [-0.3, -0.25) is 9.98 Å². The lowest BCUT2D eigenvalue weighted by atomic mass is 10.1. The molecule has 0 unspecified atom stereocenters. The van der Waals surface area contributed by atoms with Crippen LogP contribution in [0.2, 0.25) is 0 Å². The summed E-state index contributed by atoms with van der Waals surface area (Å²) in [5.41, 5.74) is 2.09. The van der Waals surface area contributed by atoms with E-state index in [-0.39, 0.29) is 0 Å². The average molecular weight is 372 g/mol. The second kappa shape index (κ2) is 10.9. The molecule has 0 aliphatic carbocycles. The molecule has 2 aromatic rings. The minimum absolute atomic E-state index is 0.607. The largest absolute Gasteiger partial charge is 0.493 e. The van der Waals surface area contributed by atoms with Gasteiger partial charge in [0.2, 0.25) is 5.75 Å². The predicted molar refractivity (Wildman–Crippen MR) is 107 cm³/mol. The van der Waals surface area contributed by atoms with E-state index in [9.17, 15) is 0 Å². The lowest BCUT2D eigenvalue weighted by Gasteiger charge is -2.16. The third kappa shape index (κ3) is 5.77. The summed E-state index contributed by atoms with van der Waals surface area (Å²) in [6.07, 6.45) is 3.40. The molecule has 7 heteroatoms. The first kappa shape index (κ1) is 20.4. The third-order valence-corrected chi connectivity index (χ3v) is 4.10. The summed E-state index contributed by atoms with van der Waals surface area (Å²) in [7, 11) is 6.61. The molecule has 0 radical (unpaired) electrons. The van der Waals surface area contributed by atoms with Gasteiger partial charge in [-0.05, 0) is 24.6 Å². The Morgan fingerprint density at radius 1 is 0.926 bits per heavy atom. The van der Waals surface area contributed by atoms with Crippen molar-refractivity contribution in [2.75, 3.05) is 41.5 Å². The van der Waals surface area contributed by atoms with Crippen LogP contribution in [0.1, 0.15) is 11.3 Å². The molecule has 2 rings (SSSR count). The lowest BCUT2D eigenvalue weighted by molar-refractivity contribution is 0.322. The molecule has 146 valence electrons. The monoisotopic (exact) mass is 372 g/mol. The van der Waals surface area contributed by atoms with Crippen LogP contribution in [0.4, 0.5) is 0 Å². The molecular weight excluding hydrogens is 344 g/mol. The first-order chi connectivity index (χ1) is 13.2. The van der Waals surface area contributed by atoms with E-state index in [0.717, 1.165) is 36.6 Å². The number of aliphatic imine (C=N–C) groups is 1. The predicted octanol–water partition coefficient (Wildman–Crippen LogP) is 2.06. The van der Waals surface area contributed by atoms with E-state index in [0.29, 0.717) is 23.8 Å². The number of benzene rings is 1. The summed E-state index contributed by atoms with van der Waals surface area (Å²) in [6.45, 7) is 1.46. The molecule has 1 heterocycles. The molecule has 0 spiro atoms. The maximum absolute atomic E-state index is 5.52. The normalized spacial score (nSPS) is 11.0. The van der Waals surface area contributed by atoms with Gasteiger partial charge in [-0.2, -0.15) is 0 Å². The van der Waals surface area contributed by atoms with Crippen LogP contribution in [-0.4, -0.2) is 52.4 Å². The van der Waals surface area contributed by atoms with Crippen molar-refractivity contribution < 1.29 is 14.2 Å². The Morgan fingerprint density at radius 2 is 1.67 bits per heavy atom. The Hall–Kier alpha value is -2.96. The topological polar surface area (TPSA) is 77.0 Å². The quantitative estimate of drug-likeness (QED) is 0.518. The second-order valence-corrected chi connectivity index (χ2v) is 5.74. The summed E-state index contributed by atoms with van der Waals surface area (Å²) in [6, 6.07) is 9.79. The lowest BCUT2D eigenvalue weighted by Crippen LogP contribution is -2.39. The maximum Gasteiger partial charge on any atom is 0.203 e. The maximum atomic E-state index is 5.52. The molecule has 1 aromatic carbocycles. The Labute approximate surface area is 160 Å². The van der Waals surface area contributed by atoms with Crippen molar-refractivity contribution in [3.8, 4) is 17.2 Å². The van der Waals surface area contributed by atoms with Crippen LogP contribution in [0.5, 0.6) is 17.2 Å². The molecule has 0 aliphatic heterocycles. The van der Waals surface area contributed by atoms with Gasteiger partial charge in [0.15, 0.2) is 17.5 Å². The summed E-state index contributed by atoms with van der Waals surface area (Å²) in [5.74, 6) is 2.70. The number of hydrogen-bond donors (Lipinski definition) is 2. The Balaban J connectivity index is 1.87. The van der Waals surface area contributed by atoms with Crippen molar-refractivity contribution in [2.45, 2.75) is 12.8 Å². The Kier molecular flexibility index (Phi) is 8.22. The van der Waals surface area contributed by atoms with E-state index in [1.807, 2.05) is 30.3 Å². The number of pyridine rings is 1. The molecule has 0 saturated heterocycles. The summed E-state index contributed by atoms with van der Waals surface area (Å²) >= 11 is 0. The first-order valence-corrected chi connectivity index (χ1v) is 8.85. The Morgan fingerprint density at radius 3 is 2.26 bits per heavy atom. The van der Waals surface area contributed by atoms with Gasteiger partial charge in [-0.1, -0.05) is 12.1 Å². The van der Waals surface area contributed by atoms with Gasteiger partial charge in [-0.15, -0.1) is 0 Å². The fraction of sp³-hybridized carbons (Fsp3) is 0.400. The van der Waals surface area contributed by atoms with Crippen molar-refractivity contribution >= 4 is 5.96 Å². The van der Waals surface area contributed by atoms with E-state index < -0.39 is 0 Å². The number of hydrogen-bond acceptors (Lipinski definition) is 5. The molecule has 7 nitrogen and oxygen atoms in total. The zero-order valence-electron chi connectivity index (χ0n) is 16.4. The number of ether oxygens (including phenoxy) is 3. The third-order valence-electron chi connectivity index (χ3n) is 4.10. The van der Waals surface area contributed by atoms with Crippen molar-refractivity contribution in [3.05, 3.63) is 47.8 Å². The van der Waals surface area contributed by atoms with Gasteiger partial charge < -0.3 is 24.8 Å². The number of nitrogens with zero attached hydrogens (tertiary/aromatic N) is 2. The van der Waals surface area contributed by atoms with Crippen molar-refractivity contribution in [1.82, 2.24) is 15.6 Å². The minimum Gasteiger partial charge on any atom is -0.493 e. The Bertz CT molecular complexity index is 736. The summed E-state index contributed by atoms with van der Waals surface area (Å²) in [5, 5.41) is 6.61. The van der Waals surface area contributed by atoms with Crippen LogP contribution in [0.15, 0.2) is 41.5 Å². The van der Waals surface area contributed by atoms with Gasteiger partial charge in [0, 0.05) is 44.0 Å². The number of rotatable bonds is 9. The molecule has 0 atom stereocenters. The number of nitrogens with one attached hydrogen (secondary N) is 2. The number of guanidine groups is 1. The summed E-state index contributed by atoms with van der Waals surface area (Å²) in [4.78, 5) is 8.57. The van der Waals surface area contributed by atoms with Crippen LogP contribution in [-0.2, 0) is 12.8 Å². The number of methoxy groups -OCH3 is 3. The molecule has 27 heavy (non-hydrogen) atoms. The van der Waals surface area contributed by atoms with E-state index in [1.54, 1.807) is 34.6 Å². The number of aromatic nitrogens is 1. The molecular formula is C20H28N4O3. The van der Waals surface area contributed by atoms with Crippen LogP contribution >= 0.6 is 0 Å². The average Bonchev–Trinajstić information content (AvgIpc) is 2.72. The van der Waals surface area contributed by atoms with Gasteiger partial charge in [0.1, 0.15) is 0 Å². The van der Waals surface area contributed by atoms with Crippen molar-refractivity contribution in [3.63, 3.8) is 0 Å². The molecule has 2 N–H and O–H groups in total. The highest BCUT2D eigenvalue weighted by molar-refractivity contribution is 5.79. The van der Waals surface area contributed by atoms with Gasteiger partial charge in [0.05, 0.1) is 21.3 Å². The van der Waals surface area contributed by atoms with E-state index in [1.165, 1.54) is 0 Å². The van der Waals surface area contributed by atoms with Crippen molar-refractivity contribution in [1.29, 1.82) is 0 Å². The van der Waals surface area contributed by atoms with Gasteiger partial charge in [-0.25, -0.2) is 0 Å². The fourth-order valence-electron chi connectivity index (χ4n) is 2.75. The fourth-order valence-corrected chi connectivity index (χ4v) is 2.75. The molecule has 0 aliphatic rings. The van der Waals surface area contributed by atoms with Gasteiger partial charge in [0.25, 0.3) is 0 Å². The highest BCUT2D eigenvalue weighted by Gasteiger charge is 2.15. The molecule has 0 saturated carbocycles. The van der Waals surface area contributed by atoms with Crippen molar-refractivity contribution in [2.24, 2.45) is 4.99 Å². The molecule has 0 bridgehead atoms. The SMILES string of the molecule is CN=C(NCCc1ccccn1)NCCc1ccc(OC)c(OC)c1OC. The van der Waals surface area contributed by atoms with Crippen LogP contribution in [0.3, 0.4) is 0 Å². The smallest absolute Gasteiger partial charge is 0.203 e. The zero-order valence-corrected chi connectivity index (χ0v) is 16.4. The van der Waals surface area contributed by atoms with Crippen LogP contribution in [0, 0.1) is 0 Å². The van der Waals surface area contributed by atoms with E-state index in [2.05, 4.69) is 20.6 Å². The molecule has 0 amide bonds. The summed E-state index contributed by atoms with van der Waals surface area (Å²) < 4.78 is 16.3. The van der Waals surface area contributed by atoms with E-state index >= 15 is 0 Å². The standard InChI is InChI=1S/C20H28N4O3/c1-21-20(24-14-11-16-7-5-6-12-22-16)23-13-10-15-8-9-17(25-2)19(27-4)18(15)26-3/h5-9,12H,10-11,13-14H2,1-4H3,(H2,21,23,24). The van der Waals surface area contributed by atoms with E-state index in [4.69, 9.17) is 14.2 Å². The molecule has 0 fully saturated rings. The van der Waals surface area contributed by atoms with Crippen LogP contribution < -0.4 is 24.8 Å². The highest BCUT2D eigenvalue weighted by atomic mass is 16.5. The minimum atomic E-state index is 0.607. The van der Waals surface area contributed by atoms with Gasteiger partial charge >= 0.3 is 0 Å². The second-order valence-electron chi connectivity index (χ2n) is 5.74. The molecule has 1 aromatic heterocycles. The highest BCUT2D eigenvalue weighted by Crippen LogP contribution is 2.39. The first-order valence-electron chi connectivity index (χ1n) is 8.85.